The van der Waals surface area contributed by atoms with E-state index in [4.69, 9.17) is 0 Å². The maximum atomic E-state index is 12.1. The summed E-state index contributed by atoms with van der Waals surface area (Å²) < 4.78 is 0. The zero-order chi connectivity index (χ0) is 15.6. The first-order chi connectivity index (χ1) is 9.91. The predicted octanol–water partition coefficient (Wildman–Crippen LogP) is 1.60. The van der Waals surface area contributed by atoms with Gasteiger partial charge in [0, 0.05) is 11.7 Å². The zero-order valence-electron chi connectivity index (χ0n) is 13.1. The van der Waals surface area contributed by atoms with Gasteiger partial charge in [0.15, 0.2) is 0 Å². The van der Waals surface area contributed by atoms with E-state index in [2.05, 4.69) is 17.6 Å². The van der Waals surface area contributed by atoms with Crippen LogP contribution in [0.3, 0.4) is 0 Å². The number of amides is 2. The van der Waals surface area contributed by atoms with Crippen LogP contribution >= 0.6 is 0 Å². The Balaban J connectivity index is 2.49. The molecule has 0 aromatic heterocycles. The van der Waals surface area contributed by atoms with Crippen LogP contribution in [0.5, 0.6) is 0 Å². The van der Waals surface area contributed by atoms with E-state index in [9.17, 15) is 9.59 Å². The number of carbonyl (C=O) groups excluding carboxylic acids is 2. The number of rotatable bonds is 4. The molecule has 2 N–H and O–H groups in total. The quantitative estimate of drug-likeness (QED) is 0.827. The fourth-order valence-electron chi connectivity index (χ4n) is 2.78. The van der Waals surface area contributed by atoms with Crippen LogP contribution in [0.4, 0.5) is 5.69 Å². The lowest BCUT2D eigenvalue weighted by molar-refractivity contribution is -0.135. The molecule has 1 aliphatic rings. The van der Waals surface area contributed by atoms with Gasteiger partial charge >= 0.3 is 0 Å². The van der Waals surface area contributed by atoms with Crippen molar-refractivity contribution in [1.29, 1.82) is 0 Å². The van der Waals surface area contributed by atoms with Crippen molar-refractivity contribution in [3.05, 3.63) is 29.8 Å². The van der Waals surface area contributed by atoms with Gasteiger partial charge in [-0.3, -0.25) is 14.9 Å². The molecule has 1 saturated heterocycles. The molecule has 2 amide bonds. The second kappa shape index (κ2) is 5.85. The van der Waals surface area contributed by atoms with Gasteiger partial charge in [0.25, 0.3) is 5.91 Å². The molecule has 1 aromatic carbocycles. The zero-order valence-corrected chi connectivity index (χ0v) is 13.1. The van der Waals surface area contributed by atoms with E-state index in [0.29, 0.717) is 0 Å². The van der Waals surface area contributed by atoms with Gasteiger partial charge in [-0.15, -0.1) is 0 Å². The first kappa shape index (κ1) is 15.5. The number of hydrogen-bond donors (Lipinski definition) is 2. The molecular formula is C16H23N3O2. The molecule has 1 atom stereocenters. The minimum Gasteiger partial charge on any atom is -0.348 e. The maximum absolute atomic E-state index is 12.1. The Morgan fingerprint density at radius 3 is 2.62 bits per heavy atom. The van der Waals surface area contributed by atoms with E-state index in [1.807, 2.05) is 50.1 Å². The lowest BCUT2D eigenvalue weighted by Gasteiger charge is -2.43. The van der Waals surface area contributed by atoms with E-state index >= 15 is 0 Å². The molecule has 0 spiro atoms. The third-order valence-corrected chi connectivity index (χ3v) is 4.14. The number of hydrogen-bond acceptors (Lipinski definition) is 4. The monoisotopic (exact) mass is 289 g/mol. The summed E-state index contributed by atoms with van der Waals surface area (Å²) in [4.78, 5) is 25.8. The van der Waals surface area contributed by atoms with Gasteiger partial charge in [0.05, 0.1) is 6.54 Å². The summed E-state index contributed by atoms with van der Waals surface area (Å²) in [5, 5.41) is 5.70. The van der Waals surface area contributed by atoms with Gasteiger partial charge in [-0.2, -0.15) is 0 Å². The normalized spacial score (nSPS) is 19.3. The minimum absolute atomic E-state index is 0.190. The van der Waals surface area contributed by atoms with E-state index in [1.165, 1.54) is 0 Å². The molecule has 5 heteroatoms. The molecule has 0 saturated carbocycles. The van der Waals surface area contributed by atoms with Crippen LogP contribution in [-0.4, -0.2) is 30.9 Å². The van der Waals surface area contributed by atoms with E-state index in [1.54, 1.807) is 0 Å². The Morgan fingerprint density at radius 1 is 1.33 bits per heavy atom. The molecule has 1 unspecified atom stereocenters. The molecular weight excluding hydrogens is 266 g/mol. The van der Waals surface area contributed by atoms with Gasteiger partial charge in [-0.05, 0) is 38.9 Å². The highest BCUT2D eigenvalue weighted by Crippen LogP contribution is 2.33. The fourth-order valence-corrected chi connectivity index (χ4v) is 2.78. The van der Waals surface area contributed by atoms with Crippen molar-refractivity contribution >= 4 is 17.5 Å². The third kappa shape index (κ3) is 2.78. The highest BCUT2D eigenvalue weighted by molar-refractivity contribution is 6.06. The second-order valence-corrected chi connectivity index (χ2v) is 5.83. The summed E-state index contributed by atoms with van der Waals surface area (Å²) in [6.45, 7) is 5.98. The molecule has 114 valence electrons. The third-order valence-electron chi connectivity index (χ3n) is 4.14. The van der Waals surface area contributed by atoms with E-state index < -0.39 is 5.54 Å². The minimum atomic E-state index is -0.754. The topological polar surface area (TPSA) is 61.4 Å². The van der Waals surface area contributed by atoms with Crippen molar-refractivity contribution in [2.75, 3.05) is 18.5 Å². The summed E-state index contributed by atoms with van der Waals surface area (Å²) in [5.74, 6) is -0.516. The number of piperazine rings is 1. The van der Waals surface area contributed by atoms with Gasteiger partial charge < -0.3 is 10.2 Å². The Bertz CT molecular complexity index is 550. The van der Waals surface area contributed by atoms with Crippen LogP contribution in [0.25, 0.3) is 0 Å². The molecule has 0 radical (unpaired) electrons. The van der Waals surface area contributed by atoms with Crippen molar-refractivity contribution in [2.45, 2.75) is 38.8 Å². The number of imide groups is 1. The molecule has 2 rings (SSSR count). The molecule has 21 heavy (non-hydrogen) atoms. The van der Waals surface area contributed by atoms with Crippen LogP contribution < -0.4 is 15.5 Å². The Kier molecular flexibility index (Phi) is 4.32. The Labute approximate surface area is 125 Å². The standard InChI is InChI=1S/C16H23N3O2/c1-5-12(17-4)11-8-6-7-9-13(11)19-10-14(20)18-15(21)16(19,2)3/h6-9,12,17H,5,10H2,1-4H3,(H,18,20,21). The van der Waals surface area contributed by atoms with Gasteiger partial charge in [-0.25, -0.2) is 0 Å². The summed E-state index contributed by atoms with van der Waals surface area (Å²) in [5.41, 5.74) is 1.29. The van der Waals surface area contributed by atoms with Crippen LogP contribution in [-0.2, 0) is 9.59 Å². The largest absolute Gasteiger partial charge is 0.348 e. The lowest BCUT2D eigenvalue weighted by Crippen LogP contribution is -2.64. The summed E-state index contributed by atoms with van der Waals surface area (Å²) in [6, 6.07) is 8.14. The van der Waals surface area contributed by atoms with Crippen LogP contribution in [0.15, 0.2) is 24.3 Å². The average molecular weight is 289 g/mol. The van der Waals surface area contributed by atoms with Gasteiger partial charge in [0.1, 0.15) is 5.54 Å². The smallest absolute Gasteiger partial charge is 0.251 e. The van der Waals surface area contributed by atoms with Crippen molar-refractivity contribution in [3.63, 3.8) is 0 Å². The molecule has 1 aliphatic heterocycles. The Hall–Kier alpha value is -1.88. The molecule has 1 aromatic rings. The van der Waals surface area contributed by atoms with E-state index in [-0.39, 0.29) is 24.4 Å². The van der Waals surface area contributed by atoms with Crippen molar-refractivity contribution in [3.8, 4) is 0 Å². The van der Waals surface area contributed by atoms with Gasteiger partial charge in [-0.1, -0.05) is 25.1 Å². The first-order valence-corrected chi connectivity index (χ1v) is 7.30. The summed E-state index contributed by atoms with van der Waals surface area (Å²) in [7, 11) is 1.92. The Morgan fingerprint density at radius 2 is 2.00 bits per heavy atom. The summed E-state index contributed by atoms with van der Waals surface area (Å²) >= 11 is 0. The molecule has 0 aliphatic carbocycles. The maximum Gasteiger partial charge on any atom is 0.251 e. The number of benzene rings is 1. The lowest BCUT2D eigenvalue weighted by atomic mass is 9.94. The van der Waals surface area contributed by atoms with E-state index in [0.717, 1.165) is 17.7 Å². The van der Waals surface area contributed by atoms with Crippen molar-refractivity contribution in [1.82, 2.24) is 10.6 Å². The number of nitrogens with one attached hydrogen (secondary N) is 2. The van der Waals surface area contributed by atoms with Gasteiger partial charge in [0.2, 0.25) is 5.91 Å². The van der Waals surface area contributed by atoms with Crippen LogP contribution in [0.1, 0.15) is 38.8 Å². The molecule has 1 heterocycles. The van der Waals surface area contributed by atoms with Crippen LogP contribution in [0, 0.1) is 0 Å². The SMILES string of the molecule is CCC(NC)c1ccccc1N1CC(=O)NC(=O)C1(C)C. The van der Waals surface area contributed by atoms with Crippen LogP contribution in [0.2, 0.25) is 0 Å². The second-order valence-electron chi connectivity index (χ2n) is 5.83. The average Bonchev–Trinajstić information content (AvgIpc) is 2.45. The number of anilines is 1. The highest BCUT2D eigenvalue weighted by atomic mass is 16.2. The molecule has 1 fully saturated rings. The summed E-state index contributed by atoms with van der Waals surface area (Å²) in [6.07, 6.45) is 0.932. The van der Waals surface area contributed by atoms with Crippen molar-refractivity contribution < 1.29 is 9.59 Å². The molecule has 0 bridgehead atoms. The highest BCUT2D eigenvalue weighted by Gasteiger charge is 2.41. The molecule has 5 nitrogen and oxygen atoms in total. The number of carbonyl (C=O) groups is 2. The predicted molar refractivity (Wildman–Crippen MR) is 83.1 cm³/mol. The fraction of sp³-hybridized carbons (Fsp3) is 0.500. The number of nitrogens with zero attached hydrogens (tertiary/aromatic N) is 1. The van der Waals surface area contributed by atoms with Crippen molar-refractivity contribution in [2.24, 2.45) is 0 Å². The number of para-hydroxylation sites is 1. The first-order valence-electron chi connectivity index (χ1n) is 7.30.